The Morgan fingerprint density at radius 2 is 1.56 bits per heavy atom. The molecule has 2 heterocycles. The van der Waals surface area contributed by atoms with Gasteiger partial charge in [0.15, 0.2) is 20.9 Å². The van der Waals surface area contributed by atoms with E-state index in [1.54, 1.807) is 20.8 Å². The fraction of sp³-hybridized carbons (Fsp3) is 0.917. The lowest BCUT2D eigenvalue weighted by molar-refractivity contribution is -0.320. The monoisotopic (exact) mass is 504 g/mol. The lowest BCUT2D eigenvalue weighted by Crippen LogP contribution is -2.55. The van der Waals surface area contributed by atoms with Gasteiger partial charge in [-0.05, 0) is 38.9 Å². The molecule has 0 spiro atoms. The summed E-state index contributed by atoms with van der Waals surface area (Å²) in [5.74, 6) is 2.62. The Morgan fingerprint density at radius 1 is 1.00 bits per heavy atom. The molecular formula is C24H44O9Si. The zero-order valence-electron chi connectivity index (χ0n) is 21.7. The number of aliphatic hydroxyl groups is 4. The second-order valence-electron chi connectivity index (χ2n) is 11.0. The van der Waals surface area contributed by atoms with Crippen LogP contribution in [0.4, 0.5) is 0 Å². The molecule has 0 aromatic rings. The summed E-state index contributed by atoms with van der Waals surface area (Å²) in [5.41, 5.74) is 0. The van der Waals surface area contributed by atoms with Crippen molar-refractivity contribution >= 4 is 8.32 Å². The zero-order chi connectivity index (χ0) is 26.0. The zero-order valence-corrected chi connectivity index (χ0v) is 22.7. The van der Waals surface area contributed by atoms with E-state index in [9.17, 15) is 20.4 Å². The van der Waals surface area contributed by atoms with Gasteiger partial charge in [-0.1, -0.05) is 26.7 Å². The van der Waals surface area contributed by atoms with E-state index in [0.717, 1.165) is 0 Å². The quantitative estimate of drug-likeness (QED) is 0.287. The average Bonchev–Trinajstić information content (AvgIpc) is 2.70. The van der Waals surface area contributed by atoms with Gasteiger partial charge in [0.05, 0.1) is 30.5 Å². The number of ether oxygens (including phenoxy) is 4. The molecular weight excluding hydrogens is 460 g/mol. The molecule has 34 heavy (non-hydrogen) atoms. The fourth-order valence-electron chi connectivity index (χ4n) is 3.90. The highest BCUT2D eigenvalue weighted by Gasteiger charge is 2.45. The Kier molecular flexibility index (Phi) is 10.2. The Balaban J connectivity index is 2.03. The fourth-order valence-corrected chi connectivity index (χ4v) is 5.09. The lowest BCUT2D eigenvalue weighted by atomic mass is 10.0. The van der Waals surface area contributed by atoms with Gasteiger partial charge in [-0.2, -0.15) is 0 Å². The van der Waals surface area contributed by atoms with E-state index in [-0.39, 0.29) is 17.9 Å². The molecule has 0 saturated carbocycles. The summed E-state index contributed by atoms with van der Waals surface area (Å²) in [6.07, 6.45) is -3.04. The topological polar surface area (TPSA) is 127 Å². The van der Waals surface area contributed by atoms with Crippen molar-refractivity contribution in [3.63, 3.8) is 0 Å². The minimum Gasteiger partial charge on any atom is -0.401 e. The van der Waals surface area contributed by atoms with Crippen molar-refractivity contribution in [3.05, 3.63) is 0 Å². The van der Waals surface area contributed by atoms with Crippen LogP contribution >= 0.6 is 0 Å². The predicted octanol–water partition coefficient (Wildman–Crippen LogP) is 1.51. The van der Waals surface area contributed by atoms with E-state index >= 15 is 0 Å². The Labute approximate surface area is 204 Å². The molecule has 2 saturated heterocycles. The van der Waals surface area contributed by atoms with Crippen LogP contribution < -0.4 is 0 Å². The van der Waals surface area contributed by atoms with Crippen molar-refractivity contribution in [1.82, 2.24) is 0 Å². The van der Waals surface area contributed by atoms with Crippen molar-refractivity contribution in [1.29, 1.82) is 0 Å². The first-order valence-corrected chi connectivity index (χ1v) is 15.0. The molecule has 9 nitrogen and oxygen atoms in total. The SMILES string of the molecule is C#C[C@H](O[Si](C)(C)C(C)(C)C)[C@H](O[C@H]1C[C@H](O)[C@H](O[C@H]2C[C@H](O)[C@H](O)[C@H](C)O2)[C@H](C)O1)[C@H](C)O. The van der Waals surface area contributed by atoms with Gasteiger partial charge >= 0.3 is 0 Å². The standard InChI is InChI=1S/C24H44O9Si/c1-10-18(33-34(8,9)24(5,6)7)22(13(2)25)31-20-12-17(27)23(15(4)30-20)32-19-11-16(26)21(28)14(3)29-19/h1,13-23,25-28H,11-12H2,2-9H3/t13-,14-,15-,16-,17-,18-,19-,20-,21+,22+,23+/m0/s1. The molecule has 0 aliphatic carbocycles. The van der Waals surface area contributed by atoms with Crippen LogP contribution in [0.15, 0.2) is 0 Å². The van der Waals surface area contributed by atoms with Crippen LogP contribution in [0, 0.1) is 12.3 Å². The van der Waals surface area contributed by atoms with Crippen LogP contribution in [0.25, 0.3) is 0 Å². The maximum absolute atomic E-state index is 10.8. The molecule has 0 bridgehead atoms. The van der Waals surface area contributed by atoms with Crippen molar-refractivity contribution in [2.75, 3.05) is 0 Å². The van der Waals surface area contributed by atoms with E-state index < -0.39 is 75.8 Å². The van der Waals surface area contributed by atoms with E-state index in [1.807, 2.05) is 0 Å². The third kappa shape index (κ3) is 7.23. The van der Waals surface area contributed by atoms with E-state index in [0.29, 0.717) is 0 Å². The molecule has 4 N–H and O–H groups in total. The van der Waals surface area contributed by atoms with Gasteiger partial charge in [-0.15, -0.1) is 6.42 Å². The minimum absolute atomic E-state index is 0.0791. The second-order valence-corrected chi connectivity index (χ2v) is 15.8. The van der Waals surface area contributed by atoms with Gasteiger partial charge in [0.1, 0.15) is 24.4 Å². The molecule has 11 atom stereocenters. The number of hydrogen-bond acceptors (Lipinski definition) is 9. The number of aliphatic hydroxyl groups excluding tert-OH is 4. The van der Waals surface area contributed by atoms with E-state index in [1.165, 1.54) is 0 Å². The summed E-state index contributed by atoms with van der Waals surface area (Å²) >= 11 is 0. The number of hydrogen-bond donors (Lipinski definition) is 4. The summed E-state index contributed by atoms with van der Waals surface area (Å²) in [4.78, 5) is 0. The van der Waals surface area contributed by atoms with Crippen LogP contribution in [-0.4, -0.2) is 96.3 Å². The molecule has 2 aliphatic rings. The van der Waals surface area contributed by atoms with Gasteiger partial charge in [-0.25, -0.2) is 0 Å². The first-order valence-electron chi connectivity index (χ1n) is 12.1. The molecule has 0 amide bonds. The van der Waals surface area contributed by atoms with Crippen LogP contribution in [0.2, 0.25) is 18.1 Å². The van der Waals surface area contributed by atoms with Crippen LogP contribution in [0.1, 0.15) is 54.4 Å². The number of terminal acetylenes is 1. The summed E-state index contributed by atoms with van der Waals surface area (Å²) in [7, 11) is -2.24. The van der Waals surface area contributed by atoms with E-state index in [4.69, 9.17) is 29.8 Å². The maximum Gasteiger partial charge on any atom is 0.193 e. The van der Waals surface area contributed by atoms with Crippen LogP contribution in [0.5, 0.6) is 0 Å². The average molecular weight is 505 g/mol. The van der Waals surface area contributed by atoms with Gasteiger partial charge in [-0.3, -0.25) is 0 Å². The van der Waals surface area contributed by atoms with Crippen molar-refractivity contribution in [2.45, 2.75) is 140 Å². The normalized spacial score (nSPS) is 38.1. The summed E-state index contributed by atoms with van der Waals surface area (Å²) < 4.78 is 29.9. The van der Waals surface area contributed by atoms with Crippen LogP contribution in [0.3, 0.4) is 0 Å². The molecule has 198 valence electrons. The highest BCUT2D eigenvalue weighted by atomic mass is 28.4. The van der Waals surface area contributed by atoms with Gasteiger partial charge in [0.25, 0.3) is 0 Å². The third-order valence-electron chi connectivity index (χ3n) is 7.10. The smallest absolute Gasteiger partial charge is 0.193 e. The molecule has 0 aromatic carbocycles. The summed E-state index contributed by atoms with van der Waals surface area (Å²) in [6.45, 7) is 15.4. The Bertz CT molecular complexity index is 665. The highest BCUT2D eigenvalue weighted by molar-refractivity contribution is 6.74. The first kappa shape index (κ1) is 29.6. The van der Waals surface area contributed by atoms with Crippen LogP contribution in [-0.2, 0) is 23.4 Å². The molecule has 2 aliphatic heterocycles. The minimum atomic E-state index is -2.24. The second kappa shape index (κ2) is 11.6. The van der Waals surface area contributed by atoms with Crippen molar-refractivity contribution in [2.24, 2.45) is 0 Å². The highest BCUT2D eigenvalue weighted by Crippen LogP contribution is 2.38. The largest absolute Gasteiger partial charge is 0.401 e. The predicted molar refractivity (Wildman–Crippen MR) is 128 cm³/mol. The van der Waals surface area contributed by atoms with Crippen molar-refractivity contribution in [3.8, 4) is 12.3 Å². The Hall–Kier alpha value is -0.583. The summed E-state index contributed by atoms with van der Waals surface area (Å²) in [5, 5.41) is 41.0. The molecule has 10 heteroatoms. The Morgan fingerprint density at radius 3 is 2.03 bits per heavy atom. The van der Waals surface area contributed by atoms with Gasteiger partial charge < -0.3 is 43.8 Å². The summed E-state index contributed by atoms with van der Waals surface area (Å²) in [6, 6.07) is 0. The molecule has 2 rings (SSSR count). The van der Waals surface area contributed by atoms with Gasteiger partial charge in [0.2, 0.25) is 0 Å². The molecule has 0 aromatic heterocycles. The molecule has 0 radical (unpaired) electrons. The number of rotatable bonds is 8. The van der Waals surface area contributed by atoms with Crippen molar-refractivity contribution < 1.29 is 43.8 Å². The van der Waals surface area contributed by atoms with E-state index in [2.05, 4.69) is 39.8 Å². The lowest BCUT2D eigenvalue weighted by Gasteiger charge is -2.44. The molecule has 0 unspecified atom stereocenters. The first-order chi connectivity index (χ1) is 15.6. The van der Waals surface area contributed by atoms with Gasteiger partial charge in [0, 0.05) is 12.8 Å². The third-order valence-corrected chi connectivity index (χ3v) is 11.6. The molecule has 2 fully saturated rings. The maximum atomic E-state index is 10.8.